The van der Waals surface area contributed by atoms with Crippen molar-refractivity contribution in [1.29, 1.82) is 0 Å². The van der Waals surface area contributed by atoms with E-state index < -0.39 is 18.0 Å². The van der Waals surface area contributed by atoms with E-state index in [1.54, 1.807) is 44.6 Å². The number of hydrogen-bond donors (Lipinski definition) is 4. The standard InChI is InChI=1S/C36H44N4O8/c1-9-19(2)33(36(44)40-28-17-23(37-20(3)41)11-15-30(28)45-5)39-27-14-12-24-25(18-29(27)43)26(38-21(4)42)13-10-22-16-31(46-6)34(47-7)35(48-8)32(22)24/h11-12,14-19,26,33H,9-10,13H2,1-8H3,(H,37,41)(H,38,42)(H,39,43)(H,40,44)/t19-,26+,33+/m0/s1. The molecule has 0 saturated carbocycles. The molecule has 3 aromatic rings. The zero-order valence-corrected chi connectivity index (χ0v) is 28.7. The molecule has 12 nitrogen and oxygen atoms in total. The third kappa shape index (κ3) is 7.64. The van der Waals surface area contributed by atoms with Gasteiger partial charge in [0.2, 0.25) is 28.9 Å². The SMILES string of the molecule is CC[C@H](C)[C@@H](Nc1ccc2c(cc1=O)[C@H](NC(C)=O)CCc1cc(OC)c(OC)c(OC)c1-2)C(=O)Nc1cc(NC(C)=O)ccc1OC. The molecular weight excluding hydrogens is 616 g/mol. The number of nitrogens with one attached hydrogen (secondary N) is 4. The van der Waals surface area contributed by atoms with E-state index in [9.17, 15) is 19.2 Å². The summed E-state index contributed by atoms with van der Waals surface area (Å²) in [5.74, 6) is 0.677. The highest BCUT2D eigenvalue weighted by atomic mass is 16.5. The predicted molar refractivity (Wildman–Crippen MR) is 185 cm³/mol. The minimum atomic E-state index is -0.823. The number of anilines is 3. The van der Waals surface area contributed by atoms with Gasteiger partial charge < -0.3 is 40.2 Å². The molecule has 0 saturated heterocycles. The molecule has 3 atom stereocenters. The lowest BCUT2D eigenvalue weighted by atomic mass is 9.95. The molecule has 0 spiro atoms. The molecule has 12 heteroatoms. The fraction of sp³-hybridized carbons (Fsp3) is 0.389. The van der Waals surface area contributed by atoms with E-state index in [0.717, 1.165) is 11.1 Å². The molecule has 48 heavy (non-hydrogen) atoms. The van der Waals surface area contributed by atoms with E-state index in [1.807, 2.05) is 19.9 Å². The van der Waals surface area contributed by atoms with Crippen LogP contribution in [0.3, 0.4) is 0 Å². The summed E-state index contributed by atoms with van der Waals surface area (Å²) in [6, 6.07) is 10.5. The summed E-state index contributed by atoms with van der Waals surface area (Å²) in [5.41, 5.74) is 3.60. The molecule has 256 valence electrons. The fourth-order valence-corrected chi connectivity index (χ4v) is 5.99. The number of ether oxygens (including phenoxy) is 4. The molecule has 0 bridgehead atoms. The second kappa shape index (κ2) is 15.6. The van der Waals surface area contributed by atoms with Crippen molar-refractivity contribution in [2.24, 2.45) is 5.92 Å². The Bertz CT molecular complexity index is 1760. The Morgan fingerprint density at radius 3 is 2.15 bits per heavy atom. The Hall–Kier alpha value is -5.26. The van der Waals surface area contributed by atoms with Gasteiger partial charge in [-0.3, -0.25) is 19.2 Å². The number of hydrogen-bond acceptors (Lipinski definition) is 9. The minimum absolute atomic E-state index is 0.193. The van der Waals surface area contributed by atoms with Gasteiger partial charge in [-0.25, -0.2) is 0 Å². The van der Waals surface area contributed by atoms with Gasteiger partial charge in [-0.15, -0.1) is 0 Å². The van der Waals surface area contributed by atoms with E-state index in [0.29, 0.717) is 64.8 Å². The summed E-state index contributed by atoms with van der Waals surface area (Å²) in [6.45, 7) is 6.71. The van der Waals surface area contributed by atoms with E-state index in [2.05, 4.69) is 21.3 Å². The van der Waals surface area contributed by atoms with Crippen molar-refractivity contribution < 1.29 is 33.3 Å². The molecule has 3 amide bonds. The van der Waals surface area contributed by atoms with Crippen molar-refractivity contribution in [2.75, 3.05) is 44.4 Å². The van der Waals surface area contributed by atoms with Gasteiger partial charge in [0.25, 0.3) is 0 Å². The first kappa shape index (κ1) is 35.6. The molecule has 1 aliphatic rings. The number of methoxy groups -OCH3 is 4. The highest BCUT2D eigenvalue weighted by molar-refractivity contribution is 5.99. The Balaban J connectivity index is 1.83. The zero-order chi connectivity index (χ0) is 35.1. The molecule has 0 fully saturated rings. The third-order valence-corrected chi connectivity index (χ3v) is 8.50. The molecule has 0 unspecified atom stereocenters. The van der Waals surface area contributed by atoms with Crippen molar-refractivity contribution in [1.82, 2.24) is 5.32 Å². The lowest BCUT2D eigenvalue weighted by Gasteiger charge is -2.24. The van der Waals surface area contributed by atoms with E-state index in [-0.39, 0.29) is 28.8 Å². The first-order valence-electron chi connectivity index (χ1n) is 15.8. The van der Waals surface area contributed by atoms with Gasteiger partial charge in [0.15, 0.2) is 11.5 Å². The maximum Gasteiger partial charge on any atom is 0.247 e. The first-order valence-corrected chi connectivity index (χ1v) is 15.8. The summed E-state index contributed by atoms with van der Waals surface area (Å²) in [6.07, 6.45) is 1.72. The topological polar surface area (TPSA) is 153 Å². The molecule has 0 aromatic heterocycles. The Labute approximate surface area is 280 Å². The van der Waals surface area contributed by atoms with Crippen molar-refractivity contribution in [3.8, 4) is 34.1 Å². The summed E-state index contributed by atoms with van der Waals surface area (Å²) < 4.78 is 22.6. The lowest BCUT2D eigenvalue weighted by molar-refractivity contribution is -0.120. The average molecular weight is 661 g/mol. The van der Waals surface area contributed by atoms with Crippen molar-refractivity contribution in [3.05, 3.63) is 63.8 Å². The second-order valence-electron chi connectivity index (χ2n) is 11.7. The van der Waals surface area contributed by atoms with Gasteiger partial charge in [0.1, 0.15) is 11.8 Å². The van der Waals surface area contributed by atoms with Gasteiger partial charge in [-0.1, -0.05) is 26.3 Å². The van der Waals surface area contributed by atoms with Gasteiger partial charge in [-0.05, 0) is 71.8 Å². The highest BCUT2D eigenvalue weighted by Gasteiger charge is 2.30. The van der Waals surface area contributed by atoms with Gasteiger partial charge in [0.05, 0.1) is 45.9 Å². The molecular formula is C36H44N4O8. The van der Waals surface area contributed by atoms with E-state index in [1.165, 1.54) is 34.1 Å². The molecule has 1 aliphatic carbocycles. The number of amides is 3. The molecule has 4 rings (SSSR count). The molecule has 4 N–H and O–H groups in total. The number of rotatable bonds is 12. The first-order chi connectivity index (χ1) is 22.9. The van der Waals surface area contributed by atoms with Crippen molar-refractivity contribution in [3.63, 3.8) is 0 Å². The van der Waals surface area contributed by atoms with Crippen LogP contribution >= 0.6 is 0 Å². The Morgan fingerprint density at radius 1 is 0.833 bits per heavy atom. The molecule has 0 heterocycles. The fourth-order valence-electron chi connectivity index (χ4n) is 5.99. The Morgan fingerprint density at radius 2 is 1.54 bits per heavy atom. The number of benzene rings is 2. The number of fused-ring (bicyclic) bond motifs is 3. The van der Waals surface area contributed by atoms with Crippen LogP contribution in [0.4, 0.5) is 17.1 Å². The summed E-state index contributed by atoms with van der Waals surface area (Å²) in [5, 5.41) is 11.8. The monoisotopic (exact) mass is 660 g/mol. The van der Waals surface area contributed by atoms with Crippen molar-refractivity contribution in [2.45, 2.75) is 59.0 Å². The van der Waals surface area contributed by atoms with Crippen LogP contribution in [0.15, 0.2) is 47.3 Å². The van der Waals surface area contributed by atoms with Crippen LogP contribution in [0.25, 0.3) is 11.1 Å². The average Bonchev–Trinajstić information content (AvgIpc) is 3.30. The van der Waals surface area contributed by atoms with Gasteiger partial charge in [0, 0.05) is 25.1 Å². The summed E-state index contributed by atoms with van der Waals surface area (Å²) in [7, 11) is 6.10. The second-order valence-corrected chi connectivity index (χ2v) is 11.7. The van der Waals surface area contributed by atoms with Crippen LogP contribution in [0.1, 0.15) is 57.7 Å². The van der Waals surface area contributed by atoms with Crippen LogP contribution in [-0.4, -0.2) is 52.2 Å². The summed E-state index contributed by atoms with van der Waals surface area (Å²) in [4.78, 5) is 51.8. The van der Waals surface area contributed by atoms with Gasteiger partial charge >= 0.3 is 0 Å². The highest BCUT2D eigenvalue weighted by Crippen LogP contribution is 2.50. The van der Waals surface area contributed by atoms with Crippen LogP contribution < -0.4 is 45.6 Å². The third-order valence-electron chi connectivity index (χ3n) is 8.50. The molecule has 3 aromatic carbocycles. The summed E-state index contributed by atoms with van der Waals surface area (Å²) >= 11 is 0. The van der Waals surface area contributed by atoms with Crippen LogP contribution in [0.5, 0.6) is 23.0 Å². The zero-order valence-electron chi connectivity index (χ0n) is 28.7. The van der Waals surface area contributed by atoms with Crippen LogP contribution in [-0.2, 0) is 20.8 Å². The maximum absolute atomic E-state index is 14.0. The normalized spacial score (nSPS) is 14.5. The quantitative estimate of drug-likeness (QED) is 0.203. The maximum atomic E-state index is 14.0. The number of carbonyl (C=O) groups is 3. The van der Waals surface area contributed by atoms with Crippen LogP contribution in [0, 0.1) is 5.92 Å². The minimum Gasteiger partial charge on any atom is -0.495 e. The van der Waals surface area contributed by atoms with E-state index in [4.69, 9.17) is 18.9 Å². The van der Waals surface area contributed by atoms with Gasteiger partial charge in [-0.2, -0.15) is 0 Å². The largest absolute Gasteiger partial charge is 0.495 e. The van der Waals surface area contributed by atoms with E-state index >= 15 is 0 Å². The number of aryl methyl sites for hydroxylation is 1. The number of carbonyl (C=O) groups excluding carboxylic acids is 3. The predicted octanol–water partition coefficient (Wildman–Crippen LogP) is 5.30. The van der Waals surface area contributed by atoms with Crippen LogP contribution in [0.2, 0.25) is 0 Å². The smallest absolute Gasteiger partial charge is 0.247 e. The molecule has 0 radical (unpaired) electrons. The van der Waals surface area contributed by atoms with Crippen molar-refractivity contribution >= 4 is 34.8 Å². The lowest BCUT2D eigenvalue weighted by Crippen LogP contribution is -2.40. The Kier molecular flexibility index (Phi) is 11.5. The molecule has 0 aliphatic heterocycles.